The Balaban J connectivity index is 1.91. The number of amides is 1. The van der Waals surface area contributed by atoms with Crippen LogP contribution in [0.2, 0.25) is 0 Å². The highest BCUT2D eigenvalue weighted by atomic mass is 16.3. The number of furan rings is 1. The Morgan fingerprint density at radius 1 is 1.25 bits per heavy atom. The molecule has 0 saturated heterocycles. The van der Waals surface area contributed by atoms with Crippen molar-refractivity contribution in [2.75, 3.05) is 0 Å². The summed E-state index contributed by atoms with van der Waals surface area (Å²) in [5, 5.41) is 22.2. The number of hydrazone groups is 1. The molecule has 2 aromatic rings. The standard InChI is InChI=1S/C14H12N2O4/c17-11-7-10(8-12(18)9-11)14(19)16-15-5-1-3-13-4-2-6-20-13/h1-9,17-18H,(H,16,19)/b3-1+,15-5-. The summed E-state index contributed by atoms with van der Waals surface area (Å²) in [6, 6.07) is 7.12. The predicted octanol–water partition coefficient (Wildman–Crippen LogP) is 2.12. The van der Waals surface area contributed by atoms with Crippen LogP contribution >= 0.6 is 0 Å². The van der Waals surface area contributed by atoms with Crippen molar-refractivity contribution in [3.8, 4) is 11.5 Å². The van der Waals surface area contributed by atoms with Crippen LogP contribution in [0.1, 0.15) is 16.1 Å². The van der Waals surface area contributed by atoms with Gasteiger partial charge >= 0.3 is 0 Å². The lowest BCUT2D eigenvalue weighted by Gasteiger charge is -2.01. The molecule has 0 atom stereocenters. The molecule has 0 fully saturated rings. The summed E-state index contributed by atoms with van der Waals surface area (Å²) in [5.74, 6) is -0.270. The smallest absolute Gasteiger partial charge is 0.271 e. The topological polar surface area (TPSA) is 95.1 Å². The van der Waals surface area contributed by atoms with Crippen molar-refractivity contribution in [1.29, 1.82) is 0 Å². The van der Waals surface area contributed by atoms with Gasteiger partial charge in [0, 0.05) is 17.8 Å². The second-order valence-corrected chi connectivity index (χ2v) is 3.83. The molecule has 0 radical (unpaired) electrons. The van der Waals surface area contributed by atoms with Crippen LogP contribution in [0.4, 0.5) is 0 Å². The van der Waals surface area contributed by atoms with Gasteiger partial charge in [-0.25, -0.2) is 5.43 Å². The molecule has 0 unspecified atom stereocenters. The van der Waals surface area contributed by atoms with E-state index in [1.54, 1.807) is 30.5 Å². The Kier molecular flexibility index (Phi) is 4.18. The van der Waals surface area contributed by atoms with Crippen molar-refractivity contribution in [1.82, 2.24) is 5.43 Å². The van der Waals surface area contributed by atoms with E-state index in [9.17, 15) is 15.0 Å². The Morgan fingerprint density at radius 3 is 2.65 bits per heavy atom. The van der Waals surface area contributed by atoms with Gasteiger partial charge in [-0.2, -0.15) is 5.10 Å². The van der Waals surface area contributed by atoms with E-state index in [4.69, 9.17) is 4.42 Å². The van der Waals surface area contributed by atoms with Crippen molar-refractivity contribution in [2.24, 2.45) is 5.10 Å². The number of allylic oxidation sites excluding steroid dienone is 1. The molecule has 0 bridgehead atoms. The lowest BCUT2D eigenvalue weighted by Crippen LogP contribution is -2.17. The summed E-state index contributed by atoms with van der Waals surface area (Å²) in [5.41, 5.74) is 2.37. The molecule has 102 valence electrons. The van der Waals surface area contributed by atoms with E-state index in [-0.39, 0.29) is 17.1 Å². The number of carbonyl (C=O) groups is 1. The SMILES string of the molecule is O=C(N/N=C\C=C\c1ccco1)c1cc(O)cc(O)c1. The number of carbonyl (C=O) groups excluding carboxylic acids is 1. The Bertz CT molecular complexity index is 625. The predicted molar refractivity (Wildman–Crippen MR) is 73.5 cm³/mol. The van der Waals surface area contributed by atoms with Gasteiger partial charge in [0.2, 0.25) is 0 Å². The highest BCUT2D eigenvalue weighted by Gasteiger charge is 2.06. The van der Waals surface area contributed by atoms with E-state index >= 15 is 0 Å². The summed E-state index contributed by atoms with van der Waals surface area (Å²) in [7, 11) is 0. The number of phenolic OH excluding ortho intramolecular Hbond substituents is 2. The minimum Gasteiger partial charge on any atom is -0.508 e. The zero-order chi connectivity index (χ0) is 14.4. The van der Waals surface area contributed by atoms with E-state index in [1.807, 2.05) is 0 Å². The molecule has 2 rings (SSSR count). The van der Waals surface area contributed by atoms with Gasteiger partial charge in [0.25, 0.3) is 5.91 Å². The van der Waals surface area contributed by atoms with Crippen LogP contribution < -0.4 is 5.43 Å². The molecule has 1 aromatic carbocycles. The van der Waals surface area contributed by atoms with E-state index < -0.39 is 5.91 Å². The maximum absolute atomic E-state index is 11.7. The van der Waals surface area contributed by atoms with Gasteiger partial charge in [-0.1, -0.05) is 0 Å². The van der Waals surface area contributed by atoms with Crippen LogP contribution in [0, 0.1) is 0 Å². The van der Waals surface area contributed by atoms with E-state index in [0.29, 0.717) is 5.76 Å². The van der Waals surface area contributed by atoms with Gasteiger partial charge in [-0.05, 0) is 36.4 Å². The first-order valence-corrected chi connectivity index (χ1v) is 5.72. The quantitative estimate of drug-likeness (QED) is 0.587. The van der Waals surface area contributed by atoms with Crippen LogP contribution in [0.25, 0.3) is 6.08 Å². The number of nitrogens with one attached hydrogen (secondary N) is 1. The molecule has 1 amide bonds. The van der Waals surface area contributed by atoms with E-state index in [2.05, 4.69) is 10.5 Å². The maximum Gasteiger partial charge on any atom is 0.271 e. The Morgan fingerprint density at radius 2 is 2.00 bits per heavy atom. The van der Waals surface area contributed by atoms with Gasteiger partial charge in [-0.3, -0.25) is 4.79 Å². The molecule has 0 aliphatic rings. The molecule has 0 spiro atoms. The lowest BCUT2D eigenvalue weighted by molar-refractivity contribution is 0.0954. The summed E-state index contributed by atoms with van der Waals surface area (Å²) >= 11 is 0. The number of nitrogens with zero attached hydrogens (tertiary/aromatic N) is 1. The summed E-state index contributed by atoms with van der Waals surface area (Å²) in [6.07, 6.45) is 6.20. The highest BCUT2D eigenvalue weighted by Crippen LogP contribution is 2.20. The van der Waals surface area contributed by atoms with Crippen molar-refractivity contribution in [3.05, 3.63) is 54.0 Å². The Hall–Kier alpha value is -3.02. The van der Waals surface area contributed by atoms with E-state index in [1.165, 1.54) is 18.3 Å². The molecule has 0 aliphatic carbocycles. The first-order valence-electron chi connectivity index (χ1n) is 5.72. The van der Waals surface area contributed by atoms with Gasteiger partial charge in [0.05, 0.1) is 6.26 Å². The van der Waals surface area contributed by atoms with Gasteiger partial charge in [0.15, 0.2) is 0 Å². The molecule has 6 heteroatoms. The average Bonchev–Trinajstić information content (AvgIpc) is 2.90. The van der Waals surface area contributed by atoms with Crippen LogP contribution in [0.3, 0.4) is 0 Å². The second-order valence-electron chi connectivity index (χ2n) is 3.83. The molecule has 20 heavy (non-hydrogen) atoms. The monoisotopic (exact) mass is 272 g/mol. The third-order valence-corrected chi connectivity index (χ3v) is 2.30. The maximum atomic E-state index is 11.7. The molecule has 3 N–H and O–H groups in total. The minimum atomic E-state index is -0.543. The normalized spacial score (nSPS) is 11.2. The summed E-state index contributed by atoms with van der Waals surface area (Å²) < 4.78 is 5.07. The molecule has 1 aromatic heterocycles. The number of hydrogen-bond acceptors (Lipinski definition) is 5. The van der Waals surface area contributed by atoms with Crippen LogP contribution in [-0.2, 0) is 0 Å². The van der Waals surface area contributed by atoms with Crippen LogP contribution in [0.15, 0.2) is 52.2 Å². The average molecular weight is 272 g/mol. The highest BCUT2D eigenvalue weighted by molar-refractivity contribution is 5.95. The number of rotatable bonds is 4. The fourth-order valence-corrected chi connectivity index (χ4v) is 1.45. The largest absolute Gasteiger partial charge is 0.508 e. The second kappa shape index (κ2) is 6.24. The molecule has 0 aliphatic heterocycles. The van der Waals surface area contributed by atoms with Gasteiger partial charge in [-0.15, -0.1) is 0 Å². The van der Waals surface area contributed by atoms with Crippen molar-refractivity contribution in [2.45, 2.75) is 0 Å². The number of hydrogen-bond donors (Lipinski definition) is 3. The summed E-state index contributed by atoms with van der Waals surface area (Å²) in [4.78, 5) is 11.7. The van der Waals surface area contributed by atoms with Crippen molar-refractivity contribution < 1.29 is 19.4 Å². The minimum absolute atomic E-state index is 0.106. The Labute approximate surface area is 114 Å². The van der Waals surface area contributed by atoms with Crippen LogP contribution in [0.5, 0.6) is 11.5 Å². The van der Waals surface area contributed by atoms with Crippen molar-refractivity contribution >= 4 is 18.2 Å². The van der Waals surface area contributed by atoms with Gasteiger partial charge in [0.1, 0.15) is 17.3 Å². The lowest BCUT2D eigenvalue weighted by atomic mass is 10.2. The van der Waals surface area contributed by atoms with Crippen LogP contribution in [-0.4, -0.2) is 22.3 Å². The molecule has 0 saturated carbocycles. The molecular weight excluding hydrogens is 260 g/mol. The van der Waals surface area contributed by atoms with Gasteiger partial charge < -0.3 is 14.6 Å². The fraction of sp³-hybridized carbons (Fsp3) is 0. The molecule has 1 heterocycles. The van der Waals surface area contributed by atoms with E-state index in [0.717, 1.165) is 6.07 Å². The summed E-state index contributed by atoms with van der Waals surface area (Å²) in [6.45, 7) is 0. The first-order chi connectivity index (χ1) is 9.65. The third kappa shape index (κ3) is 3.74. The number of benzene rings is 1. The number of aromatic hydroxyl groups is 2. The molecule has 6 nitrogen and oxygen atoms in total. The number of phenols is 2. The molecular formula is C14H12N2O4. The fourth-order valence-electron chi connectivity index (χ4n) is 1.45. The third-order valence-electron chi connectivity index (χ3n) is 2.30. The zero-order valence-electron chi connectivity index (χ0n) is 10.4. The zero-order valence-corrected chi connectivity index (χ0v) is 10.4. The first kappa shape index (κ1) is 13.4. The van der Waals surface area contributed by atoms with Crippen molar-refractivity contribution in [3.63, 3.8) is 0 Å².